The van der Waals surface area contributed by atoms with E-state index in [-0.39, 0.29) is 18.9 Å². The van der Waals surface area contributed by atoms with Gasteiger partial charge in [0.2, 0.25) is 17.7 Å². The molecule has 0 radical (unpaired) electrons. The summed E-state index contributed by atoms with van der Waals surface area (Å²) >= 11 is 0. The zero-order valence-corrected chi connectivity index (χ0v) is 16.4. The number of primary amides is 1. The van der Waals surface area contributed by atoms with Gasteiger partial charge in [-0.15, -0.1) is 0 Å². The molecule has 0 bridgehead atoms. The molecule has 5 N–H and O–H groups in total. The third-order valence-corrected chi connectivity index (χ3v) is 3.99. The molecule has 1 aromatic carbocycles. The molecule has 28 heavy (non-hydrogen) atoms. The van der Waals surface area contributed by atoms with Crippen LogP contribution in [0.4, 0.5) is 10.5 Å². The van der Waals surface area contributed by atoms with Gasteiger partial charge in [0, 0.05) is 30.8 Å². The number of likely N-dealkylation sites (N-methyl/N-ethyl adjacent to an activating group) is 1. The van der Waals surface area contributed by atoms with Crippen LogP contribution in [0, 0.1) is 0 Å². The highest BCUT2D eigenvalue weighted by Gasteiger charge is 2.13. The van der Waals surface area contributed by atoms with E-state index in [0.717, 1.165) is 12.8 Å². The Balaban J connectivity index is 2.37. The molecule has 0 aromatic heterocycles. The Labute approximate surface area is 165 Å². The van der Waals surface area contributed by atoms with E-state index in [2.05, 4.69) is 16.0 Å². The number of benzene rings is 1. The standard InChI is InChI=1S/C19H29N5O4/c1-3-5-11-21-19(28)23-17(26)13-24(4-2)12-10-16(25)22-15-8-6-14(7-9-15)18(20)27/h6-9H,3-5,10-13H2,1-2H3,(H2,20,27)(H,22,25)(H2,21,23,26,28). The van der Waals surface area contributed by atoms with Crippen molar-refractivity contribution in [3.63, 3.8) is 0 Å². The number of urea groups is 1. The Morgan fingerprint density at radius 1 is 1.04 bits per heavy atom. The Hall–Kier alpha value is -2.94. The second kappa shape index (κ2) is 12.4. The molecule has 0 heterocycles. The first-order valence-corrected chi connectivity index (χ1v) is 9.35. The van der Waals surface area contributed by atoms with Crippen LogP contribution in [0.1, 0.15) is 43.5 Å². The minimum absolute atomic E-state index is 0.0261. The van der Waals surface area contributed by atoms with Crippen LogP contribution in [0.3, 0.4) is 0 Å². The molecule has 0 aliphatic heterocycles. The van der Waals surface area contributed by atoms with Crippen molar-refractivity contribution in [1.29, 1.82) is 0 Å². The first-order valence-electron chi connectivity index (χ1n) is 9.35. The van der Waals surface area contributed by atoms with Crippen molar-refractivity contribution >= 4 is 29.4 Å². The zero-order valence-electron chi connectivity index (χ0n) is 16.4. The number of hydrogen-bond acceptors (Lipinski definition) is 5. The zero-order chi connectivity index (χ0) is 20.9. The van der Waals surface area contributed by atoms with Crippen LogP contribution >= 0.6 is 0 Å². The first kappa shape index (κ1) is 23.1. The minimum Gasteiger partial charge on any atom is -0.366 e. The van der Waals surface area contributed by atoms with E-state index in [1.54, 1.807) is 17.0 Å². The van der Waals surface area contributed by atoms with E-state index in [4.69, 9.17) is 5.73 Å². The quantitative estimate of drug-likeness (QED) is 0.419. The minimum atomic E-state index is -0.534. The third-order valence-electron chi connectivity index (χ3n) is 3.99. The lowest BCUT2D eigenvalue weighted by Crippen LogP contribution is -2.45. The maximum Gasteiger partial charge on any atom is 0.321 e. The average Bonchev–Trinajstić information content (AvgIpc) is 2.65. The molecule has 0 unspecified atom stereocenters. The number of carbonyl (C=O) groups is 4. The van der Waals surface area contributed by atoms with E-state index < -0.39 is 17.8 Å². The van der Waals surface area contributed by atoms with Crippen LogP contribution in [0.2, 0.25) is 0 Å². The van der Waals surface area contributed by atoms with Gasteiger partial charge in [0.1, 0.15) is 0 Å². The number of amides is 5. The fourth-order valence-electron chi connectivity index (χ4n) is 2.34. The fraction of sp³-hybridized carbons (Fsp3) is 0.474. The molecule has 0 saturated carbocycles. The summed E-state index contributed by atoms with van der Waals surface area (Å²) in [6, 6.07) is 5.75. The van der Waals surface area contributed by atoms with Crippen LogP contribution in [-0.4, -0.2) is 54.8 Å². The van der Waals surface area contributed by atoms with Gasteiger partial charge in [-0.25, -0.2) is 4.79 Å². The molecule has 0 fully saturated rings. The maximum absolute atomic E-state index is 12.1. The Kier molecular flexibility index (Phi) is 10.3. The molecule has 1 rings (SSSR count). The Morgan fingerprint density at radius 2 is 1.71 bits per heavy atom. The lowest BCUT2D eigenvalue weighted by molar-refractivity contribution is -0.122. The second-order valence-corrected chi connectivity index (χ2v) is 6.27. The van der Waals surface area contributed by atoms with Crippen LogP contribution in [0.25, 0.3) is 0 Å². The number of nitrogens with two attached hydrogens (primary N) is 1. The smallest absolute Gasteiger partial charge is 0.321 e. The average molecular weight is 391 g/mol. The van der Waals surface area contributed by atoms with E-state index >= 15 is 0 Å². The third kappa shape index (κ3) is 9.13. The van der Waals surface area contributed by atoms with Crippen molar-refractivity contribution in [2.75, 3.05) is 31.5 Å². The molecule has 0 aliphatic rings. The number of anilines is 1. The van der Waals surface area contributed by atoms with Crippen LogP contribution < -0.4 is 21.7 Å². The molecule has 0 aliphatic carbocycles. The summed E-state index contributed by atoms with van der Waals surface area (Å²) in [5.41, 5.74) is 6.09. The van der Waals surface area contributed by atoms with E-state index in [9.17, 15) is 19.2 Å². The molecular weight excluding hydrogens is 362 g/mol. The van der Waals surface area contributed by atoms with E-state index in [1.165, 1.54) is 12.1 Å². The highest BCUT2D eigenvalue weighted by Crippen LogP contribution is 2.09. The largest absolute Gasteiger partial charge is 0.366 e. The molecular formula is C19H29N5O4. The van der Waals surface area contributed by atoms with Crippen LogP contribution in [0.5, 0.6) is 0 Å². The SMILES string of the molecule is CCCCNC(=O)NC(=O)CN(CC)CCC(=O)Nc1ccc(C(N)=O)cc1. The topological polar surface area (TPSA) is 134 Å². The summed E-state index contributed by atoms with van der Waals surface area (Å²) in [6.07, 6.45) is 1.99. The summed E-state index contributed by atoms with van der Waals surface area (Å²) in [7, 11) is 0. The maximum atomic E-state index is 12.1. The number of rotatable bonds is 11. The molecule has 154 valence electrons. The van der Waals surface area contributed by atoms with Crippen molar-refractivity contribution in [2.45, 2.75) is 33.1 Å². The molecule has 0 saturated heterocycles. The van der Waals surface area contributed by atoms with Crippen molar-refractivity contribution in [3.05, 3.63) is 29.8 Å². The summed E-state index contributed by atoms with van der Waals surface area (Å²) in [4.78, 5) is 48.4. The Bertz CT molecular complexity index is 675. The van der Waals surface area contributed by atoms with Gasteiger partial charge in [0.15, 0.2) is 0 Å². The Morgan fingerprint density at radius 3 is 2.29 bits per heavy atom. The van der Waals surface area contributed by atoms with Gasteiger partial charge in [0.05, 0.1) is 6.54 Å². The summed E-state index contributed by atoms with van der Waals surface area (Å²) in [5, 5.41) is 7.61. The van der Waals surface area contributed by atoms with E-state index in [1.807, 2.05) is 13.8 Å². The fourth-order valence-corrected chi connectivity index (χ4v) is 2.34. The van der Waals surface area contributed by atoms with Crippen molar-refractivity contribution < 1.29 is 19.2 Å². The highest BCUT2D eigenvalue weighted by atomic mass is 16.2. The highest BCUT2D eigenvalue weighted by molar-refractivity contribution is 5.96. The number of unbranched alkanes of at least 4 members (excludes halogenated alkanes) is 1. The van der Waals surface area contributed by atoms with Gasteiger partial charge in [-0.2, -0.15) is 0 Å². The van der Waals surface area contributed by atoms with Gasteiger partial charge >= 0.3 is 6.03 Å². The van der Waals surface area contributed by atoms with Crippen molar-refractivity contribution in [2.24, 2.45) is 5.73 Å². The predicted octanol–water partition coefficient (Wildman–Crippen LogP) is 1.06. The number of nitrogens with zero attached hydrogens (tertiary/aromatic N) is 1. The van der Waals surface area contributed by atoms with Gasteiger partial charge in [-0.05, 0) is 37.2 Å². The van der Waals surface area contributed by atoms with Crippen molar-refractivity contribution in [3.8, 4) is 0 Å². The van der Waals surface area contributed by atoms with Gasteiger partial charge < -0.3 is 16.4 Å². The molecule has 1 aromatic rings. The second-order valence-electron chi connectivity index (χ2n) is 6.27. The van der Waals surface area contributed by atoms with Crippen molar-refractivity contribution in [1.82, 2.24) is 15.5 Å². The normalized spacial score (nSPS) is 10.4. The molecule has 9 heteroatoms. The monoisotopic (exact) mass is 391 g/mol. The summed E-state index contributed by atoms with van der Waals surface area (Å²) in [5.74, 6) is -1.17. The molecule has 0 atom stereocenters. The number of hydrogen-bond donors (Lipinski definition) is 4. The van der Waals surface area contributed by atoms with Gasteiger partial charge in [-0.1, -0.05) is 20.3 Å². The van der Waals surface area contributed by atoms with Gasteiger partial charge in [-0.3, -0.25) is 24.6 Å². The predicted molar refractivity (Wildman–Crippen MR) is 107 cm³/mol. The lowest BCUT2D eigenvalue weighted by Gasteiger charge is -2.19. The summed E-state index contributed by atoms with van der Waals surface area (Å²) < 4.78 is 0. The molecule has 5 amide bonds. The lowest BCUT2D eigenvalue weighted by atomic mass is 10.2. The van der Waals surface area contributed by atoms with E-state index in [0.29, 0.717) is 30.9 Å². The number of carbonyl (C=O) groups excluding carboxylic acids is 4. The summed E-state index contributed by atoms with van der Waals surface area (Å²) in [6.45, 7) is 5.36. The number of nitrogens with one attached hydrogen (secondary N) is 3. The first-order chi connectivity index (χ1) is 13.3. The van der Waals surface area contributed by atoms with Gasteiger partial charge in [0.25, 0.3) is 0 Å². The van der Waals surface area contributed by atoms with Crippen LogP contribution in [0.15, 0.2) is 24.3 Å². The molecule has 0 spiro atoms. The molecule has 9 nitrogen and oxygen atoms in total. The number of imide groups is 1. The van der Waals surface area contributed by atoms with Crippen LogP contribution in [-0.2, 0) is 9.59 Å².